The van der Waals surface area contributed by atoms with Crippen molar-refractivity contribution in [1.82, 2.24) is 19.8 Å². The summed E-state index contributed by atoms with van der Waals surface area (Å²) in [5, 5.41) is 3.35. The van der Waals surface area contributed by atoms with Crippen molar-refractivity contribution in [3.05, 3.63) is 18.2 Å². The zero-order chi connectivity index (χ0) is 13.8. The molecule has 1 atom stereocenters. The van der Waals surface area contributed by atoms with E-state index < -0.39 is 0 Å². The lowest BCUT2D eigenvalue weighted by molar-refractivity contribution is -0.132. The highest BCUT2D eigenvalue weighted by atomic mass is 16.2. The summed E-state index contributed by atoms with van der Waals surface area (Å²) in [6, 6.07) is 0.400. The Labute approximate surface area is 115 Å². The van der Waals surface area contributed by atoms with Gasteiger partial charge in [0.25, 0.3) is 0 Å². The van der Waals surface area contributed by atoms with E-state index in [1.165, 1.54) is 0 Å². The molecular formula is C14H24N4O. The topological polar surface area (TPSA) is 50.2 Å². The van der Waals surface area contributed by atoms with E-state index in [-0.39, 0.29) is 5.91 Å². The second-order valence-corrected chi connectivity index (χ2v) is 5.58. The van der Waals surface area contributed by atoms with Crippen LogP contribution in [0.5, 0.6) is 0 Å². The normalized spacial score (nSPS) is 20.0. The van der Waals surface area contributed by atoms with Crippen molar-refractivity contribution in [3.63, 3.8) is 0 Å². The van der Waals surface area contributed by atoms with Gasteiger partial charge in [0.2, 0.25) is 5.91 Å². The lowest BCUT2D eigenvalue weighted by Crippen LogP contribution is -2.51. The number of carbonyl (C=O) groups excluding carboxylic acids is 1. The fourth-order valence-electron chi connectivity index (χ4n) is 2.54. The van der Waals surface area contributed by atoms with E-state index in [4.69, 9.17) is 0 Å². The van der Waals surface area contributed by atoms with Crippen LogP contribution >= 0.6 is 0 Å². The summed E-state index contributed by atoms with van der Waals surface area (Å²) in [7, 11) is 0. The van der Waals surface area contributed by atoms with Crippen LogP contribution in [0.25, 0.3) is 0 Å². The maximum absolute atomic E-state index is 12.2. The van der Waals surface area contributed by atoms with Gasteiger partial charge in [-0.3, -0.25) is 4.79 Å². The number of hydrogen-bond donors (Lipinski definition) is 1. The average Bonchev–Trinajstić information content (AvgIpc) is 2.84. The predicted octanol–water partition coefficient (Wildman–Crippen LogP) is 1.22. The van der Waals surface area contributed by atoms with Crippen LogP contribution in [0.15, 0.2) is 12.4 Å². The molecule has 5 nitrogen and oxygen atoms in total. The van der Waals surface area contributed by atoms with Gasteiger partial charge in [-0.1, -0.05) is 13.8 Å². The molecule has 0 unspecified atom stereocenters. The first kappa shape index (κ1) is 14.1. The van der Waals surface area contributed by atoms with Gasteiger partial charge < -0.3 is 14.8 Å². The smallest absolute Gasteiger partial charge is 0.224 e. The molecule has 1 aromatic heterocycles. The van der Waals surface area contributed by atoms with Gasteiger partial charge in [-0.15, -0.1) is 0 Å². The van der Waals surface area contributed by atoms with Crippen LogP contribution in [0.4, 0.5) is 0 Å². The third kappa shape index (κ3) is 3.56. The van der Waals surface area contributed by atoms with Crippen molar-refractivity contribution in [1.29, 1.82) is 0 Å². The summed E-state index contributed by atoms with van der Waals surface area (Å²) < 4.78 is 2.09. The van der Waals surface area contributed by atoms with Crippen LogP contribution in [-0.4, -0.2) is 46.0 Å². The van der Waals surface area contributed by atoms with Crippen molar-refractivity contribution < 1.29 is 4.79 Å². The van der Waals surface area contributed by atoms with Gasteiger partial charge in [-0.05, 0) is 6.92 Å². The molecule has 106 valence electrons. The molecule has 5 heteroatoms. The monoisotopic (exact) mass is 264 g/mol. The number of imidazole rings is 1. The van der Waals surface area contributed by atoms with E-state index >= 15 is 0 Å². The quantitative estimate of drug-likeness (QED) is 0.889. The Balaban J connectivity index is 1.87. The van der Waals surface area contributed by atoms with Crippen LogP contribution in [-0.2, 0) is 11.3 Å². The van der Waals surface area contributed by atoms with Gasteiger partial charge in [-0.25, -0.2) is 4.98 Å². The van der Waals surface area contributed by atoms with Gasteiger partial charge in [0.1, 0.15) is 5.82 Å². The standard InChI is InChI=1S/C14H24N4O/c1-11(2)14-16-6-8-17(14)7-4-13(19)18-9-5-15-12(3)10-18/h6,8,11-12,15H,4-5,7,9-10H2,1-3H3/t12-/m1/s1. The molecule has 0 aliphatic carbocycles. The van der Waals surface area contributed by atoms with Gasteiger partial charge in [0.05, 0.1) is 0 Å². The van der Waals surface area contributed by atoms with Crippen molar-refractivity contribution >= 4 is 5.91 Å². The number of hydrogen-bond acceptors (Lipinski definition) is 3. The van der Waals surface area contributed by atoms with Gasteiger partial charge in [0, 0.05) is 57.0 Å². The minimum absolute atomic E-state index is 0.247. The molecule has 0 radical (unpaired) electrons. The Morgan fingerprint density at radius 3 is 3.05 bits per heavy atom. The van der Waals surface area contributed by atoms with Gasteiger partial charge in [0.15, 0.2) is 0 Å². The van der Waals surface area contributed by atoms with Crippen LogP contribution in [0.3, 0.4) is 0 Å². The molecule has 19 heavy (non-hydrogen) atoms. The van der Waals surface area contributed by atoms with E-state index in [0.29, 0.717) is 18.4 Å². The fourth-order valence-corrected chi connectivity index (χ4v) is 2.54. The molecule has 0 aromatic carbocycles. The average molecular weight is 264 g/mol. The molecular weight excluding hydrogens is 240 g/mol. The Kier molecular flexibility index (Phi) is 4.58. The Bertz CT molecular complexity index is 427. The lowest BCUT2D eigenvalue weighted by atomic mass is 10.2. The molecule has 1 aromatic rings. The molecule has 1 amide bonds. The first-order valence-corrected chi connectivity index (χ1v) is 7.10. The van der Waals surface area contributed by atoms with Gasteiger partial charge >= 0.3 is 0 Å². The molecule has 1 aliphatic heterocycles. The molecule has 1 aliphatic rings. The molecule has 0 bridgehead atoms. The third-order valence-electron chi connectivity index (χ3n) is 3.55. The summed E-state index contributed by atoms with van der Waals surface area (Å²) >= 11 is 0. The third-order valence-corrected chi connectivity index (χ3v) is 3.55. The van der Waals surface area contributed by atoms with Crippen molar-refractivity contribution in [2.24, 2.45) is 0 Å². The highest BCUT2D eigenvalue weighted by molar-refractivity contribution is 5.76. The Morgan fingerprint density at radius 1 is 1.58 bits per heavy atom. The predicted molar refractivity (Wildman–Crippen MR) is 75.0 cm³/mol. The first-order chi connectivity index (χ1) is 9.08. The zero-order valence-corrected chi connectivity index (χ0v) is 12.1. The summed E-state index contributed by atoms with van der Waals surface area (Å²) in [6.07, 6.45) is 4.33. The van der Waals surface area contributed by atoms with E-state index in [1.807, 2.05) is 17.3 Å². The molecule has 1 fully saturated rings. The molecule has 0 saturated carbocycles. The number of nitrogens with zero attached hydrogens (tertiary/aromatic N) is 3. The molecule has 2 rings (SSSR count). The van der Waals surface area contributed by atoms with Crippen LogP contribution in [0.2, 0.25) is 0 Å². The zero-order valence-electron chi connectivity index (χ0n) is 12.1. The molecule has 1 saturated heterocycles. The fraction of sp³-hybridized carbons (Fsp3) is 0.714. The number of amides is 1. The van der Waals surface area contributed by atoms with Crippen molar-refractivity contribution in [2.45, 2.75) is 45.7 Å². The van der Waals surface area contributed by atoms with E-state index in [2.05, 4.69) is 35.6 Å². The van der Waals surface area contributed by atoms with Crippen LogP contribution in [0.1, 0.15) is 38.9 Å². The molecule has 0 spiro atoms. The molecule has 2 heterocycles. The van der Waals surface area contributed by atoms with E-state index in [1.54, 1.807) is 0 Å². The minimum atomic E-state index is 0.247. The summed E-state index contributed by atoms with van der Waals surface area (Å²) in [5.41, 5.74) is 0. The summed E-state index contributed by atoms with van der Waals surface area (Å²) in [6.45, 7) is 9.63. The lowest BCUT2D eigenvalue weighted by Gasteiger charge is -2.32. The number of carbonyl (C=O) groups is 1. The number of piperazine rings is 1. The van der Waals surface area contributed by atoms with Gasteiger partial charge in [-0.2, -0.15) is 0 Å². The van der Waals surface area contributed by atoms with E-state index in [9.17, 15) is 4.79 Å². The van der Waals surface area contributed by atoms with Crippen LogP contribution < -0.4 is 5.32 Å². The highest BCUT2D eigenvalue weighted by Crippen LogP contribution is 2.12. The SMILES string of the molecule is CC(C)c1nccn1CCC(=O)N1CCN[C@H](C)C1. The van der Waals surface area contributed by atoms with Crippen LogP contribution in [0, 0.1) is 0 Å². The highest BCUT2D eigenvalue weighted by Gasteiger charge is 2.20. The van der Waals surface area contributed by atoms with E-state index in [0.717, 1.165) is 32.0 Å². The summed E-state index contributed by atoms with van der Waals surface area (Å²) in [4.78, 5) is 18.5. The number of aryl methyl sites for hydroxylation is 1. The van der Waals surface area contributed by atoms with Crippen molar-refractivity contribution in [2.75, 3.05) is 19.6 Å². The maximum Gasteiger partial charge on any atom is 0.224 e. The molecule has 1 N–H and O–H groups in total. The summed E-state index contributed by atoms with van der Waals surface area (Å²) in [5.74, 6) is 1.70. The van der Waals surface area contributed by atoms with Crippen molar-refractivity contribution in [3.8, 4) is 0 Å². The second kappa shape index (κ2) is 6.19. The largest absolute Gasteiger partial charge is 0.340 e. The Morgan fingerprint density at radius 2 is 2.37 bits per heavy atom. The number of aromatic nitrogens is 2. The Hall–Kier alpha value is -1.36. The minimum Gasteiger partial charge on any atom is -0.340 e. The number of rotatable bonds is 4. The number of nitrogens with one attached hydrogen (secondary N) is 1. The maximum atomic E-state index is 12.2. The second-order valence-electron chi connectivity index (χ2n) is 5.58. The first-order valence-electron chi connectivity index (χ1n) is 7.10.